The van der Waals surface area contributed by atoms with Gasteiger partial charge in [-0.1, -0.05) is 0 Å². The summed E-state index contributed by atoms with van der Waals surface area (Å²) < 4.78 is 45.2. The number of rotatable bonds is 7. The molecule has 1 aliphatic rings. The molecule has 140 valence electrons. The minimum absolute atomic E-state index is 0.328. The number of hydrazine groups is 1. The lowest BCUT2D eigenvalue weighted by atomic mass is 10.3. The zero-order valence-corrected chi connectivity index (χ0v) is 13.6. The van der Waals surface area contributed by atoms with E-state index >= 15 is 0 Å². The third kappa shape index (κ3) is 7.94. The van der Waals surface area contributed by atoms with E-state index in [1.165, 1.54) is 12.1 Å². The van der Waals surface area contributed by atoms with Crippen LogP contribution in [0.5, 0.6) is 5.75 Å². The summed E-state index contributed by atoms with van der Waals surface area (Å²) in [6.45, 7) is 4.69. The largest absolute Gasteiger partial charge is 0.573 e. The molecule has 0 radical (unpaired) electrons. The van der Waals surface area contributed by atoms with Gasteiger partial charge in [0.2, 0.25) is 0 Å². The highest BCUT2D eigenvalue weighted by atomic mass is 19.4. The van der Waals surface area contributed by atoms with Crippen molar-refractivity contribution >= 4 is 11.7 Å². The van der Waals surface area contributed by atoms with Gasteiger partial charge in [-0.25, -0.2) is 4.79 Å². The Morgan fingerprint density at radius 3 is 2.52 bits per heavy atom. The van der Waals surface area contributed by atoms with Crippen LogP contribution in [0.4, 0.5) is 23.7 Å². The van der Waals surface area contributed by atoms with Gasteiger partial charge in [0.05, 0.1) is 18.9 Å². The zero-order chi connectivity index (χ0) is 18.1. The monoisotopic (exact) mass is 362 g/mol. The SMILES string of the molecule is O=C(NCCCN1CCOCC1)NNc1ccc(OC(F)(F)F)cc1. The Bertz CT molecular complexity index is 534. The van der Waals surface area contributed by atoms with Gasteiger partial charge in [-0.05, 0) is 37.2 Å². The Morgan fingerprint density at radius 2 is 1.88 bits per heavy atom. The molecule has 0 aliphatic carbocycles. The van der Waals surface area contributed by atoms with E-state index in [1.54, 1.807) is 0 Å². The molecule has 0 atom stereocenters. The number of benzene rings is 1. The second-order valence-corrected chi connectivity index (χ2v) is 5.39. The van der Waals surface area contributed by atoms with Gasteiger partial charge in [-0.15, -0.1) is 13.2 Å². The van der Waals surface area contributed by atoms with Crippen molar-refractivity contribution in [3.05, 3.63) is 24.3 Å². The van der Waals surface area contributed by atoms with Gasteiger partial charge in [0.25, 0.3) is 0 Å². The first kappa shape index (κ1) is 19.1. The second kappa shape index (κ2) is 9.33. The molecule has 1 saturated heterocycles. The zero-order valence-electron chi connectivity index (χ0n) is 13.6. The summed E-state index contributed by atoms with van der Waals surface area (Å²) >= 11 is 0. The Morgan fingerprint density at radius 1 is 1.20 bits per heavy atom. The van der Waals surface area contributed by atoms with Crippen LogP contribution in [-0.2, 0) is 4.74 Å². The van der Waals surface area contributed by atoms with Crippen molar-refractivity contribution in [1.82, 2.24) is 15.6 Å². The van der Waals surface area contributed by atoms with Crippen molar-refractivity contribution < 1.29 is 27.4 Å². The lowest BCUT2D eigenvalue weighted by Crippen LogP contribution is -2.41. The lowest BCUT2D eigenvalue weighted by Gasteiger charge is -2.26. The van der Waals surface area contributed by atoms with Crippen LogP contribution in [0, 0.1) is 0 Å². The van der Waals surface area contributed by atoms with Crippen LogP contribution < -0.4 is 20.9 Å². The number of nitrogens with one attached hydrogen (secondary N) is 3. The van der Waals surface area contributed by atoms with Crippen molar-refractivity contribution in [2.75, 3.05) is 44.8 Å². The summed E-state index contributed by atoms with van der Waals surface area (Å²) in [7, 11) is 0. The standard InChI is InChI=1S/C15H21F3N4O3/c16-15(17,18)25-13-4-2-12(3-5-13)20-21-14(23)19-6-1-7-22-8-10-24-11-9-22/h2-5,20H,1,6-11H2,(H2,19,21,23). The Balaban J connectivity index is 1.59. The van der Waals surface area contributed by atoms with Crippen molar-refractivity contribution in [3.63, 3.8) is 0 Å². The van der Waals surface area contributed by atoms with Crippen LogP contribution in [0.2, 0.25) is 0 Å². The lowest BCUT2D eigenvalue weighted by molar-refractivity contribution is -0.274. The van der Waals surface area contributed by atoms with Gasteiger partial charge < -0.3 is 14.8 Å². The van der Waals surface area contributed by atoms with Gasteiger partial charge in [-0.2, -0.15) is 0 Å². The minimum Gasteiger partial charge on any atom is -0.406 e. The number of urea groups is 1. The number of carbonyl (C=O) groups excluding carboxylic acids is 1. The smallest absolute Gasteiger partial charge is 0.406 e. The highest BCUT2D eigenvalue weighted by molar-refractivity contribution is 5.75. The van der Waals surface area contributed by atoms with E-state index in [9.17, 15) is 18.0 Å². The maximum atomic E-state index is 12.0. The Kier molecular flexibility index (Phi) is 7.14. The maximum absolute atomic E-state index is 12.0. The fourth-order valence-electron chi connectivity index (χ4n) is 2.24. The van der Waals surface area contributed by atoms with Crippen molar-refractivity contribution in [1.29, 1.82) is 0 Å². The van der Waals surface area contributed by atoms with Crippen LogP contribution in [0.3, 0.4) is 0 Å². The van der Waals surface area contributed by atoms with Crippen LogP contribution in [0.25, 0.3) is 0 Å². The fraction of sp³-hybridized carbons (Fsp3) is 0.533. The topological polar surface area (TPSA) is 74.9 Å². The van der Waals surface area contributed by atoms with Gasteiger partial charge in [0.1, 0.15) is 5.75 Å². The van der Waals surface area contributed by atoms with E-state index in [0.29, 0.717) is 12.2 Å². The van der Waals surface area contributed by atoms with Crippen molar-refractivity contribution in [2.24, 2.45) is 0 Å². The molecule has 25 heavy (non-hydrogen) atoms. The van der Waals surface area contributed by atoms with Crippen molar-refractivity contribution in [2.45, 2.75) is 12.8 Å². The fourth-order valence-corrected chi connectivity index (χ4v) is 2.24. The van der Waals surface area contributed by atoms with Crippen molar-refractivity contribution in [3.8, 4) is 5.75 Å². The highest BCUT2D eigenvalue weighted by Gasteiger charge is 2.30. The summed E-state index contributed by atoms with van der Waals surface area (Å²) in [5.74, 6) is -0.328. The number of morpholine rings is 1. The predicted octanol–water partition coefficient (Wildman–Crippen LogP) is 1.93. The number of hydrogen-bond acceptors (Lipinski definition) is 5. The average Bonchev–Trinajstić information content (AvgIpc) is 2.58. The molecule has 7 nitrogen and oxygen atoms in total. The number of amides is 2. The summed E-state index contributed by atoms with van der Waals surface area (Å²) in [5.41, 5.74) is 5.44. The quantitative estimate of drug-likeness (QED) is 0.511. The molecule has 1 heterocycles. The van der Waals surface area contributed by atoms with Gasteiger partial charge in [-0.3, -0.25) is 15.8 Å². The van der Waals surface area contributed by atoms with E-state index in [0.717, 1.165) is 51.4 Å². The Hall–Kier alpha value is -2.20. The van der Waals surface area contributed by atoms with Crippen LogP contribution >= 0.6 is 0 Å². The predicted molar refractivity (Wildman–Crippen MR) is 85.2 cm³/mol. The van der Waals surface area contributed by atoms with E-state index in [4.69, 9.17) is 4.74 Å². The molecule has 2 amide bonds. The summed E-state index contributed by atoms with van der Waals surface area (Å²) in [5, 5.41) is 2.69. The first-order valence-corrected chi connectivity index (χ1v) is 7.88. The first-order chi connectivity index (χ1) is 11.9. The number of halogens is 3. The maximum Gasteiger partial charge on any atom is 0.573 e. The molecule has 1 fully saturated rings. The van der Waals surface area contributed by atoms with E-state index in [1.807, 2.05) is 0 Å². The van der Waals surface area contributed by atoms with Gasteiger partial charge in [0.15, 0.2) is 0 Å². The molecule has 0 unspecified atom stereocenters. The second-order valence-electron chi connectivity index (χ2n) is 5.39. The van der Waals surface area contributed by atoms with Crippen LogP contribution in [0.1, 0.15) is 6.42 Å². The molecule has 0 aromatic heterocycles. The number of alkyl halides is 3. The molecule has 1 aromatic rings. The van der Waals surface area contributed by atoms with Gasteiger partial charge in [0, 0.05) is 19.6 Å². The molecule has 1 aromatic carbocycles. The molecule has 10 heteroatoms. The molecule has 3 N–H and O–H groups in total. The van der Waals surface area contributed by atoms with E-state index in [2.05, 4.69) is 25.8 Å². The number of hydrogen-bond donors (Lipinski definition) is 3. The van der Waals surface area contributed by atoms with Crippen LogP contribution in [-0.4, -0.2) is 56.7 Å². The normalized spacial score (nSPS) is 15.5. The summed E-state index contributed by atoms with van der Waals surface area (Å²) in [6, 6.07) is 4.60. The summed E-state index contributed by atoms with van der Waals surface area (Å²) in [6.07, 6.45) is -3.91. The number of nitrogens with zero attached hydrogens (tertiary/aromatic N) is 1. The average molecular weight is 362 g/mol. The molecule has 2 rings (SSSR count). The van der Waals surface area contributed by atoms with E-state index < -0.39 is 12.4 Å². The number of anilines is 1. The minimum atomic E-state index is -4.73. The number of ether oxygens (including phenoxy) is 2. The van der Waals surface area contributed by atoms with E-state index in [-0.39, 0.29) is 5.75 Å². The first-order valence-electron chi connectivity index (χ1n) is 7.88. The summed E-state index contributed by atoms with van der Waals surface area (Å²) in [4.78, 5) is 13.9. The third-order valence-electron chi connectivity index (χ3n) is 3.45. The molecule has 0 spiro atoms. The number of carbonyl (C=O) groups is 1. The molecular weight excluding hydrogens is 341 g/mol. The highest BCUT2D eigenvalue weighted by Crippen LogP contribution is 2.23. The Labute approximate surface area is 143 Å². The molecular formula is C15H21F3N4O3. The molecule has 0 bridgehead atoms. The van der Waals surface area contributed by atoms with Gasteiger partial charge >= 0.3 is 12.4 Å². The molecule has 0 saturated carbocycles. The molecule has 1 aliphatic heterocycles. The van der Waals surface area contributed by atoms with Crippen LogP contribution in [0.15, 0.2) is 24.3 Å². The third-order valence-corrected chi connectivity index (χ3v) is 3.45.